The van der Waals surface area contributed by atoms with E-state index in [0.29, 0.717) is 42.4 Å². The number of hydrogen-bond donors (Lipinski definition) is 1. The Hall–Kier alpha value is -3.49. The van der Waals surface area contributed by atoms with E-state index in [0.717, 1.165) is 4.90 Å². The molecule has 2 aliphatic heterocycles. The Morgan fingerprint density at radius 3 is 2.53 bits per heavy atom. The van der Waals surface area contributed by atoms with Gasteiger partial charge >= 0.3 is 12.1 Å². The van der Waals surface area contributed by atoms with Crippen LogP contribution in [0.1, 0.15) is 12.8 Å². The monoisotopic (exact) mass is 514 g/mol. The molecule has 2 N–H and O–H groups in total. The highest BCUT2D eigenvalue weighted by atomic mass is 19.4. The fourth-order valence-electron chi connectivity index (χ4n) is 4.56. The fraction of sp³-hybridized carbons (Fsp3) is 0.524. The van der Waals surface area contributed by atoms with E-state index < -0.39 is 24.7 Å². The molecule has 0 bridgehead atoms. The summed E-state index contributed by atoms with van der Waals surface area (Å²) in [5, 5.41) is 4.30. The smallest absolute Gasteiger partial charge is 0.454 e. The molecule has 194 valence electrons. The Bertz CT molecular complexity index is 1240. The predicted octanol–water partition coefficient (Wildman–Crippen LogP) is 2.28. The third kappa shape index (κ3) is 4.42. The zero-order valence-corrected chi connectivity index (χ0v) is 19.0. The summed E-state index contributed by atoms with van der Waals surface area (Å²) in [5.41, 5.74) is 6.52. The highest BCUT2D eigenvalue weighted by Gasteiger charge is 2.58. The number of piperazine rings is 1. The van der Waals surface area contributed by atoms with Crippen molar-refractivity contribution in [3.05, 3.63) is 24.5 Å². The van der Waals surface area contributed by atoms with E-state index in [1.165, 1.54) is 15.7 Å². The first kappa shape index (κ1) is 24.2. The Morgan fingerprint density at radius 1 is 1.11 bits per heavy atom. The van der Waals surface area contributed by atoms with Crippen LogP contribution >= 0.6 is 0 Å². The molecule has 5 rings (SSSR count). The van der Waals surface area contributed by atoms with Gasteiger partial charge in [-0.2, -0.15) is 31.5 Å². The van der Waals surface area contributed by atoms with E-state index in [9.17, 15) is 26.7 Å². The van der Waals surface area contributed by atoms with Crippen molar-refractivity contribution in [3.63, 3.8) is 0 Å². The molecule has 0 spiro atoms. The average Bonchev–Trinajstić information content (AvgIpc) is 3.58. The summed E-state index contributed by atoms with van der Waals surface area (Å²) < 4.78 is 71.0. The molecule has 10 nitrogen and oxygen atoms in total. The summed E-state index contributed by atoms with van der Waals surface area (Å²) >= 11 is 0. The van der Waals surface area contributed by atoms with Crippen molar-refractivity contribution in [2.45, 2.75) is 31.0 Å². The zero-order valence-electron chi connectivity index (χ0n) is 19.0. The molecule has 3 aromatic heterocycles. The molecule has 3 aromatic rings. The van der Waals surface area contributed by atoms with Crippen molar-refractivity contribution in [1.29, 1.82) is 0 Å². The number of halogens is 5. The number of nitrogen functional groups attached to an aromatic ring is 1. The second-order valence-corrected chi connectivity index (χ2v) is 8.81. The van der Waals surface area contributed by atoms with Crippen LogP contribution in [0.25, 0.3) is 17.2 Å². The van der Waals surface area contributed by atoms with Crippen LogP contribution in [0, 0.1) is 0 Å². The van der Waals surface area contributed by atoms with Crippen LogP contribution < -0.4 is 10.6 Å². The number of nitrogens with two attached hydrogens (primary N) is 1. The van der Waals surface area contributed by atoms with E-state index in [2.05, 4.69) is 15.1 Å². The molecule has 0 unspecified atom stereocenters. The maximum atomic E-state index is 13.4. The van der Waals surface area contributed by atoms with E-state index in [4.69, 9.17) is 10.2 Å². The zero-order chi connectivity index (χ0) is 25.7. The summed E-state index contributed by atoms with van der Waals surface area (Å²) in [6.07, 6.45) is -2.85. The lowest BCUT2D eigenvalue weighted by atomic mass is 10.1. The first-order chi connectivity index (χ1) is 17.0. The fourth-order valence-corrected chi connectivity index (χ4v) is 4.56. The number of furan rings is 1. The minimum atomic E-state index is -5.61. The molecule has 1 atom stereocenters. The van der Waals surface area contributed by atoms with Gasteiger partial charge in [-0.15, -0.1) is 5.10 Å². The summed E-state index contributed by atoms with van der Waals surface area (Å²) in [6.45, 7) is -0.913. The summed E-state index contributed by atoms with van der Waals surface area (Å²) in [5.74, 6) is -3.73. The number of alkyl halides is 5. The van der Waals surface area contributed by atoms with E-state index in [1.807, 2.05) is 4.90 Å². The molecule has 1 amide bonds. The van der Waals surface area contributed by atoms with Crippen LogP contribution in [0.4, 0.5) is 33.7 Å². The molecule has 0 aromatic carbocycles. The Kier molecular flexibility index (Phi) is 5.97. The maximum absolute atomic E-state index is 13.4. The second-order valence-electron chi connectivity index (χ2n) is 8.81. The van der Waals surface area contributed by atoms with Gasteiger partial charge in [0.15, 0.2) is 11.4 Å². The van der Waals surface area contributed by atoms with Gasteiger partial charge < -0.3 is 20.0 Å². The van der Waals surface area contributed by atoms with Gasteiger partial charge in [0.2, 0.25) is 17.7 Å². The van der Waals surface area contributed by atoms with Gasteiger partial charge in [-0.05, 0) is 25.0 Å². The van der Waals surface area contributed by atoms with Crippen LogP contribution in [0.15, 0.2) is 28.9 Å². The number of hydrogen-bond acceptors (Lipinski definition) is 8. The van der Waals surface area contributed by atoms with Crippen LogP contribution in [0.3, 0.4) is 0 Å². The quantitative estimate of drug-likeness (QED) is 0.517. The third-order valence-electron chi connectivity index (χ3n) is 6.43. The van der Waals surface area contributed by atoms with Gasteiger partial charge in [-0.25, -0.2) is 4.98 Å². The number of anilines is 2. The third-order valence-corrected chi connectivity index (χ3v) is 6.43. The number of amides is 1. The molecule has 0 saturated carbocycles. The van der Waals surface area contributed by atoms with Crippen LogP contribution in [0.2, 0.25) is 0 Å². The SMILES string of the molecule is Nc1nc(N2CCC[C@H]2C(=O)N2CCN(CC(F)(F)C(F)(F)F)CC2)cc2nc(-c3ccco3)nn12. The summed E-state index contributed by atoms with van der Waals surface area (Å²) in [7, 11) is 0. The van der Waals surface area contributed by atoms with Crippen molar-refractivity contribution in [2.75, 3.05) is 49.9 Å². The number of carbonyl (C=O) groups is 1. The second kappa shape index (κ2) is 8.87. The molecule has 15 heteroatoms. The molecular formula is C21H23F5N8O2. The van der Waals surface area contributed by atoms with Gasteiger partial charge in [0.05, 0.1) is 12.8 Å². The Balaban J connectivity index is 1.28. The molecule has 2 fully saturated rings. The van der Waals surface area contributed by atoms with Crippen molar-refractivity contribution < 1.29 is 31.2 Å². The predicted molar refractivity (Wildman–Crippen MR) is 117 cm³/mol. The minimum Gasteiger partial charge on any atom is -0.461 e. The number of rotatable bonds is 5. The number of carbonyl (C=O) groups excluding carboxylic acids is 1. The van der Waals surface area contributed by atoms with Crippen molar-refractivity contribution in [2.24, 2.45) is 0 Å². The van der Waals surface area contributed by atoms with E-state index >= 15 is 0 Å². The van der Waals surface area contributed by atoms with Gasteiger partial charge in [-0.3, -0.25) is 9.69 Å². The van der Waals surface area contributed by atoms with Gasteiger partial charge in [0.25, 0.3) is 0 Å². The molecule has 2 saturated heterocycles. The summed E-state index contributed by atoms with van der Waals surface area (Å²) in [6, 6.07) is 4.52. The Labute approximate surface area is 201 Å². The first-order valence-corrected chi connectivity index (χ1v) is 11.3. The molecule has 2 aliphatic rings. The van der Waals surface area contributed by atoms with Gasteiger partial charge in [-0.1, -0.05) is 0 Å². The van der Waals surface area contributed by atoms with E-state index in [-0.39, 0.29) is 38.0 Å². The lowest BCUT2D eigenvalue weighted by Crippen LogP contribution is -2.56. The van der Waals surface area contributed by atoms with Crippen LogP contribution in [-0.4, -0.2) is 92.7 Å². The van der Waals surface area contributed by atoms with Crippen LogP contribution in [-0.2, 0) is 4.79 Å². The van der Waals surface area contributed by atoms with Crippen molar-refractivity contribution >= 4 is 23.3 Å². The van der Waals surface area contributed by atoms with Crippen molar-refractivity contribution in [3.8, 4) is 11.6 Å². The average molecular weight is 514 g/mol. The maximum Gasteiger partial charge on any atom is 0.454 e. The van der Waals surface area contributed by atoms with Crippen LogP contribution in [0.5, 0.6) is 0 Å². The first-order valence-electron chi connectivity index (χ1n) is 11.3. The lowest BCUT2D eigenvalue weighted by Gasteiger charge is -2.38. The minimum absolute atomic E-state index is 0.0579. The molecular weight excluding hydrogens is 491 g/mol. The molecule has 0 aliphatic carbocycles. The normalized spacial score (nSPS) is 20.0. The number of aromatic nitrogens is 4. The molecule has 0 radical (unpaired) electrons. The van der Waals surface area contributed by atoms with Gasteiger partial charge in [0, 0.05) is 38.8 Å². The largest absolute Gasteiger partial charge is 0.461 e. The standard InChI is InChI=1S/C21H23F5N8O2/c22-20(23,21(24,25)26)12-31-6-8-32(9-7-31)18(35)13-3-1-5-33(13)15-11-16-28-17(14-4-2-10-36-14)30-34(16)19(27)29-15/h2,4,10-11,13H,1,3,5-9,12H2,(H2,27,29)/t13-/m0/s1. The van der Waals surface area contributed by atoms with Crippen molar-refractivity contribution in [1.82, 2.24) is 29.4 Å². The number of fused-ring (bicyclic) bond motifs is 1. The number of nitrogens with zero attached hydrogens (tertiary/aromatic N) is 7. The highest BCUT2D eigenvalue weighted by Crippen LogP contribution is 2.36. The topological polar surface area (TPSA) is 109 Å². The summed E-state index contributed by atoms with van der Waals surface area (Å²) in [4.78, 5) is 26.4. The lowest BCUT2D eigenvalue weighted by molar-refractivity contribution is -0.287. The highest BCUT2D eigenvalue weighted by molar-refractivity contribution is 5.86. The van der Waals surface area contributed by atoms with Gasteiger partial charge in [0.1, 0.15) is 11.9 Å². The van der Waals surface area contributed by atoms with E-state index in [1.54, 1.807) is 18.2 Å². The molecule has 36 heavy (non-hydrogen) atoms. The Morgan fingerprint density at radius 2 is 1.86 bits per heavy atom. The molecule has 5 heterocycles.